The number of hydrogen-bond donors (Lipinski definition) is 1. The predicted octanol–water partition coefficient (Wildman–Crippen LogP) is 6.46. The quantitative estimate of drug-likeness (QED) is 0.303. The zero-order chi connectivity index (χ0) is 27.4. The number of aryl methyl sites for hydroxylation is 1. The van der Waals surface area contributed by atoms with E-state index < -0.39 is 0 Å². The summed E-state index contributed by atoms with van der Waals surface area (Å²) in [6.45, 7) is 7.01. The van der Waals surface area contributed by atoms with Gasteiger partial charge in [0.1, 0.15) is 18.0 Å². The van der Waals surface area contributed by atoms with Crippen LogP contribution in [0.2, 0.25) is 0 Å². The van der Waals surface area contributed by atoms with E-state index in [1.807, 2.05) is 117 Å². The monoisotopic (exact) mass is 522 g/mol. The SMILES string of the molecule is Cc1ccccc1NC(=O)N(CC(=O)N1CCn2cccc2C1c1cccc(Oc2ccccc2)c1)C(C)C. The number of nitrogens with zero attached hydrogens (tertiary/aromatic N) is 3. The molecule has 1 aliphatic rings. The van der Waals surface area contributed by atoms with Crippen LogP contribution in [0.4, 0.5) is 10.5 Å². The standard InChI is InChI=1S/C32H34N4O3/c1-23(2)36(32(38)33-28-16-8-7-11-24(28)3)22-30(37)35-20-19-34-18-10-17-29(34)31(35)25-12-9-15-27(21-25)39-26-13-5-4-6-14-26/h4-18,21,23,31H,19-20,22H2,1-3H3,(H,33,38). The molecule has 0 spiro atoms. The molecule has 2 heterocycles. The third-order valence-corrected chi connectivity index (χ3v) is 7.09. The van der Waals surface area contributed by atoms with Gasteiger partial charge in [0.25, 0.3) is 0 Å². The predicted molar refractivity (Wildman–Crippen MR) is 153 cm³/mol. The fourth-order valence-electron chi connectivity index (χ4n) is 5.00. The van der Waals surface area contributed by atoms with Gasteiger partial charge in [-0.2, -0.15) is 0 Å². The molecule has 4 aromatic rings. The van der Waals surface area contributed by atoms with Gasteiger partial charge >= 0.3 is 6.03 Å². The second kappa shape index (κ2) is 11.5. The number of carbonyl (C=O) groups is 2. The van der Waals surface area contributed by atoms with E-state index in [0.717, 1.165) is 28.3 Å². The van der Waals surface area contributed by atoms with Crippen molar-refractivity contribution in [2.75, 3.05) is 18.4 Å². The van der Waals surface area contributed by atoms with E-state index in [1.165, 1.54) is 0 Å². The second-order valence-corrected chi connectivity index (χ2v) is 10.1. The molecule has 0 saturated carbocycles. The van der Waals surface area contributed by atoms with Crippen molar-refractivity contribution in [3.63, 3.8) is 0 Å². The average Bonchev–Trinajstić information content (AvgIpc) is 3.42. The fraction of sp³-hybridized carbons (Fsp3) is 0.250. The molecule has 0 aliphatic carbocycles. The highest BCUT2D eigenvalue weighted by atomic mass is 16.5. The lowest BCUT2D eigenvalue weighted by Gasteiger charge is -2.39. The lowest BCUT2D eigenvalue weighted by Crippen LogP contribution is -2.50. The molecular formula is C32H34N4O3. The van der Waals surface area contributed by atoms with E-state index >= 15 is 0 Å². The molecule has 1 atom stereocenters. The van der Waals surface area contributed by atoms with Crippen LogP contribution in [-0.4, -0.2) is 45.4 Å². The minimum atomic E-state index is -0.297. The van der Waals surface area contributed by atoms with Gasteiger partial charge in [0.2, 0.25) is 5.91 Å². The number of carbonyl (C=O) groups excluding carboxylic acids is 2. The number of aromatic nitrogens is 1. The van der Waals surface area contributed by atoms with E-state index in [1.54, 1.807) is 4.90 Å². The number of urea groups is 1. The van der Waals surface area contributed by atoms with Gasteiger partial charge in [0.05, 0.1) is 6.04 Å². The molecular weight excluding hydrogens is 488 g/mol. The summed E-state index contributed by atoms with van der Waals surface area (Å²) in [5, 5.41) is 2.98. The summed E-state index contributed by atoms with van der Waals surface area (Å²) in [5.41, 5.74) is 3.70. The maximum Gasteiger partial charge on any atom is 0.322 e. The topological polar surface area (TPSA) is 66.8 Å². The highest BCUT2D eigenvalue weighted by Gasteiger charge is 2.34. The Kier molecular flexibility index (Phi) is 7.68. The Bertz CT molecular complexity index is 1450. The van der Waals surface area contributed by atoms with Crippen molar-refractivity contribution in [2.45, 2.75) is 39.4 Å². The summed E-state index contributed by atoms with van der Waals surface area (Å²) in [5.74, 6) is 1.36. The zero-order valence-corrected chi connectivity index (χ0v) is 22.6. The van der Waals surface area contributed by atoms with Crippen LogP contribution in [0, 0.1) is 6.92 Å². The smallest absolute Gasteiger partial charge is 0.322 e. The van der Waals surface area contributed by atoms with Crippen molar-refractivity contribution in [1.29, 1.82) is 0 Å². The summed E-state index contributed by atoms with van der Waals surface area (Å²) >= 11 is 0. The first-order chi connectivity index (χ1) is 18.9. The number of fused-ring (bicyclic) bond motifs is 1. The molecule has 7 heteroatoms. The molecule has 1 N–H and O–H groups in total. The minimum absolute atomic E-state index is 0.0210. The summed E-state index contributed by atoms with van der Waals surface area (Å²) in [7, 11) is 0. The zero-order valence-electron chi connectivity index (χ0n) is 22.6. The van der Waals surface area contributed by atoms with Gasteiger partial charge in [-0.1, -0.05) is 48.5 Å². The van der Waals surface area contributed by atoms with Gasteiger partial charge in [-0.3, -0.25) is 4.79 Å². The van der Waals surface area contributed by atoms with Crippen LogP contribution in [0.3, 0.4) is 0 Å². The Labute approximate surface area is 229 Å². The van der Waals surface area contributed by atoms with Crippen LogP contribution < -0.4 is 10.1 Å². The third-order valence-electron chi connectivity index (χ3n) is 7.09. The molecule has 0 fully saturated rings. The van der Waals surface area contributed by atoms with Crippen molar-refractivity contribution in [2.24, 2.45) is 0 Å². The van der Waals surface area contributed by atoms with E-state index in [2.05, 4.69) is 16.0 Å². The molecule has 5 rings (SSSR count). The van der Waals surface area contributed by atoms with Gasteiger partial charge in [0.15, 0.2) is 0 Å². The number of rotatable bonds is 7. The molecule has 200 valence electrons. The van der Waals surface area contributed by atoms with E-state index in [4.69, 9.17) is 4.74 Å². The van der Waals surface area contributed by atoms with Crippen molar-refractivity contribution in [3.05, 3.63) is 114 Å². The summed E-state index contributed by atoms with van der Waals surface area (Å²) in [6.07, 6.45) is 2.05. The number of benzene rings is 3. The van der Waals surface area contributed by atoms with Crippen molar-refractivity contribution in [1.82, 2.24) is 14.4 Å². The maximum absolute atomic E-state index is 13.9. The van der Waals surface area contributed by atoms with Crippen molar-refractivity contribution < 1.29 is 14.3 Å². The molecule has 3 amide bonds. The van der Waals surface area contributed by atoms with E-state index in [0.29, 0.717) is 18.8 Å². The van der Waals surface area contributed by atoms with E-state index in [9.17, 15) is 9.59 Å². The van der Waals surface area contributed by atoms with E-state index in [-0.39, 0.29) is 30.6 Å². The summed E-state index contributed by atoms with van der Waals surface area (Å²) in [4.78, 5) is 30.6. The fourth-order valence-corrected chi connectivity index (χ4v) is 5.00. The largest absolute Gasteiger partial charge is 0.457 e. The first kappa shape index (κ1) is 26.1. The van der Waals surface area contributed by atoms with Crippen LogP contribution in [0.5, 0.6) is 11.5 Å². The van der Waals surface area contributed by atoms with Gasteiger partial charge in [-0.25, -0.2) is 4.79 Å². The van der Waals surface area contributed by atoms with Gasteiger partial charge in [-0.05, 0) is 74.4 Å². The molecule has 7 nitrogen and oxygen atoms in total. The van der Waals surface area contributed by atoms with Gasteiger partial charge in [-0.15, -0.1) is 0 Å². The number of para-hydroxylation sites is 2. The molecule has 1 unspecified atom stereocenters. The average molecular weight is 523 g/mol. The van der Waals surface area contributed by atoms with Crippen molar-refractivity contribution in [3.8, 4) is 11.5 Å². The summed E-state index contributed by atoms with van der Waals surface area (Å²) < 4.78 is 8.28. The van der Waals surface area contributed by atoms with Crippen LogP contribution in [0.25, 0.3) is 0 Å². The lowest BCUT2D eigenvalue weighted by atomic mass is 9.99. The molecule has 0 radical (unpaired) electrons. The molecule has 0 saturated heterocycles. The first-order valence-electron chi connectivity index (χ1n) is 13.3. The molecule has 1 aliphatic heterocycles. The first-order valence-corrected chi connectivity index (χ1v) is 13.3. The van der Waals surface area contributed by atoms with Gasteiger partial charge < -0.3 is 24.4 Å². The Hall–Kier alpha value is -4.52. The minimum Gasteiger partial charge on any atom is -0.457 e. The molecule has 0 bridgehead atoms. The number of ether oxygens (including phenoxy) is 1. The number of amides is 3. The molecule has 1 aromatic heterocycles. The third kappa shape index (κ3) is 5.82. The number of nitrogens with one attached hydrogen (secondary N) is 1. The van der Waals surface area contributed by atoms with Crippen LogP contribution in [0.15, 0.2) is 97.2 Å². The second-order valence-electron chi connectivity index (χ2n) is 10.1. The van der Waals surface area contributed by atoms with Crippen LogP contribution in [0.1, 0.15) is 36.7 Å². The van der Waals surface area contributed by atoms with Crippen LogP contribution >= 0.6 is 0 Å². The van der Waals surface area contributed by atoms with Crippen molar-refractivity contribution >= 4 is 17.6 Å². The Morgan fingerprint density at radius 2 is 1.67 bits per heavy atom. The highest BCUT2D eigenvalue weighted by Crippen LogP contribution is 2.35. The van der Waals surface area contributed by atoms with Crippen LogP contribution in [-0.2, 0) is 11.3 Å². The lowest BCUT2D eigenvalue weighted by molar-refractivity contribution is -0.134. The highest BCUT2D eigenvalue weighted by molar-refractivity contribution is 5.93. The number of hydrogen-bond acceptors (Lipinski definition) is 3. The molecule has 39 heavy (non-hydrogen) atoms. The molecule has 3 aromatic carbocycles. The van der Waals surface area contributed by atoms with Gasteiger partial charge in [0, 0.05) is 36.7 Å². The Morgan fingerprint density at radius 1 is 0.923 bits per heavy atom. The summed E-state index contributed by atoms with van der Waals surface area (Å²) in [6, 6.07) is 28.5. The normalized spacial score (nSPS) is 14.6. The maximum atomic E-state index is 13.9. The Morgan fingerprint density at radius 3 is 2.44 bits per heavy atom. The Balaban J connectivity index is 1.40. The number of anilines is 1.